The molecule has 0 spiro atoms. The SMILES string of the molecule is CCCN(Cc1ccc(C)cc1)C(=O)CN(C)CC(=O)Nc1cccc(C)c1C. The Kier molecular flexibility index (Phi) is 8.40. The lowest BCUT2D eigenvalue weighted by Gasteiger charge is -2.25. The Bertz CT molecular complexity index is 831. The van der Waals surface area contributed by atoms with Gasteiger partial charge in [0.2, 0.25) is 11.8 Å². The van der Waals surface area contributed by atoms with Gasteiger partial charge in [0.15, 0.2) is 0 Å². The van der Waals surface area contributed by atoms with E-state index in [1.807, 2.05) is 36.9 Å². The van der Waals surface area contributed by atoms with Gasteiger partial charge in [-0.05, 0) is 57.0 Å². The topological polar surface area (TPSA) is 52.7 Å². The van der Waals surface area contributed by atoms with E-state index in [0.717, 1.165) is 28.8 Å². The lowest BCUT2D eigenvalue weighted by atomic mass is 10.1. The molecule has 5 heteroatoms. The first kappa shape index (κ1) is 22.6. The van der Waals surface area contributed by atoms with E-state index in [0.29, 0.717) is 13.1 Å². The highest BCUT2D eigenvalue weighted by molar-refractivity contribution is 5.93. The minimum absolute atomic E-state index is 0.0365. The van der Waals surface area contributed by atoms with Gasteiger partial charge < -0.3 is 10.2 Å². The van der Waals surface area contributed by atoms with Crippen molar-refractivity contribution in [2.45, 2.75) is 40.7 Å². The van der Waals surface area contributed by atoms with Crippen molar-refractivity contribution in [1.82, 2.24) is 9.80 Å². The third-order valence-electron chi connectivity index (χ3n) is 5.04. The zero-order chi connectivity index (χ0) is 21.4. The van der Waals surface area contributed by atoms with Crippen molar-refractivity contribution in [2.24, 2.45) is 0 Å². The molecule has 1 N–H and O–H groups in total. The van der Waals surface area contributed by atoms with Gasteiger partial charge in [-0.1, -0.05) is 48.9 Å². The van der Waals surface area contributed by atoms with Crippen molar-refractivity contribution in [1.29, 1.82) is 0 Å². The summed E-state index contributed by atoms with van der Waals surface area (Å²) in [6, 6.07) is 14.1. The van der Waals surface area contributed by atoms with E-state index >= 15 is 0 Å². The summed E-state index contributed by atoms with van der Waals surface area (Å²) < 4.78 is 0. The molecule has 2 aromatic carbocycles. The highest BCUT2D eigenvalue weighted by Gasteiger charge is 2.17. The molecule has 0 aliphatic rings. The molecule has 0 saturated carbocycles. The summed E-state index contributed by atoms with van der Waals surface area (Å²) in [5.74, 6) is -0.0796. The molecule has 0 saturated heterocycles. The number of carbonyl (C=O) groups excluding carboxylic acids is 2. The number of benzene rings is 2. The van der Waals surface area contributed by atoms with Gasteiger partial charge in [0.25, 0.3) is 0 Å². The van der Waals surface area contributed by atoms with Gasteiger partial charge in [-0.25, -0.2) is 0 Å². The normalized spacial score (nSPS) is 10.8. The average Bonchev–Trinajstić information content (AvgIpc) is 2.66. The van der Waals surface area contributed by atoms with E-state index in [4.69, 9.17) is 0 Å². The van der Waals surface area contributed by atoms with E-state index in [1.54, 1.807) is 11.9 Å². The largest absolute Gasteiger partial charge is 0.337 e. The van der Waals surface area contributed by atoms with Gasteiger partial charge in [-0.3, -0.25) is 14.5 Å². The summed E-state index contributed by atoms with van der Waals surface area (Å²) in [4.78, 5) is 28.8. The summed E-state index contributed by atoms with van der Waals surface area (Å²) in [6.45, 7) is 9.81. The fraction of sp³-hybridized carbons (Fsp3) is 0.417. The Morgan fingerprint density at radius 1 is 0.966 bits per heavy atom. The molecule has 156 valence electrons. The van der Waals surface area contributed by atoms with Gasteiger partial charge >= 0.3 is 0 Å². The van der Waals surface area contributed by atoms with Crippen molar-refractivity contribution < 1.29 is 9.59 Å². The lowest BCUT2D eigenvalue weighted by Crippen LogP contribution is -2.41. The molecule has 5 nitrogen and oxygen atoms in total. The van der Waals surface area contributed by atoms with Crippen LogP contribution in [0.5, 0.6) is 0 Å². The number of hydrogen-bond donors (Lipinski definition) is 1. The van der Waals surface area contributed by atoms with Crippen molar-refractivity contribution in [3.05, 3.63) is 64.7 Å². The molecule has 2 amide bonds. The molecule has 2 aromatic rings. The highest BCUT2D eigenvalue weighted by atomic mass is 16.2. The van der Waals surface area contributed by atoms with E-state index in [9.17, 15) is 9.59 Å². The predicted molar refractivity (Wildman–Crippen MR) is 119 cm³/mol. The number of amides is 2. The summed E-state index contributed by atoms with van der Waals surface area (Å²) in [5, 5.41) is 2.95. The van der Waals surface area contributed by atoms with E-state index < -0.39 is 0 Å². The average molecular weight is 396 g/mol. The number of likely N-dealkylation sites (N-methyl/N-ethyl adjacent to an activating group) is 1. The molecule has 0 bridgehead atoms. The van der Waals surface area contributed by atoms with Crippen molar-refractivity contribution in [3.63, 3.8) is 0 Å². The number of aryl methyl sites for hydroxylation is 2. The van der Waals surface area contributed by atoms with Crippen LogP contribution in [0.15, 0.2) is 42.5 Å². The maximum atomic E-state index is 12.8. The zero-order valence-corrected chi connectivity index (χ0v) is 18.3. The standard InChI is InChI=1S/C24H33N3O2/c1-6-14-27(15-21-12-10-18(2)11-13-21)24(29)17-26(5)16-23(28)25-22-9-7-8-19(3)20(22)4/h7-13H,6,14-17H2,1-5H3,(H,25,28). The smallest absolute Gasteiger partial charge is 0.238 e. The molecule has 0 aliphatic carbocycles. The number of hydrogen-bond acceptors (Lipinski definition) is 3. The Labute approximate surface area is 174 Å². The Balaban J connectivity index is 1.91. The van der Waals surface area contributed by atoms with E-state index in [1.165, 1.54) is 5.56 Å². The van der Waals surface area contributed by atoms with Gasteiger partial charge in [0, 0.05) is 18.8 Å². The summed E-state index contributed by atoms with van der Waals surface area (Å²) in [5.41, 5.74) is 5.34. The molecule has 0 aromatic heterocycles. The number of nitrogens with one attached hydrogen (secondary N) is 1. The maximum Gasteiger partial charge on any atom is 0.238 e. The Morgan fingerprint density at radius 2 is 1.66 bits per heavy atom. The third kappa shape index (κ3) is 7.02. The molecule has 0 heterocycles. The lowest BCUT2D eigenvalue weighted by molar-refractivity contribution is -0.133. The zero-order valence-electron chi connectivity index (χ0n) is 18.3. The Hall–Kier alpha value is -2.66. The minimum atomic E-state index is -0.116. The van der Waals surface area contributed by atoms with Crippen LogP contribution < -0.4 is 5.32 Å². The second-order valence-electron chi connectivity index (χ2n) is 7.77. The third-order valence-corrected chi connectivity index (χ3v) is 5.04. The van der Waals surface area contributed by atoms with Gasteiger partial charge in [0.05, 0.1) is 13.1 Å². The molecule has 0 radical (unpaired) electrons. The van der Waals surface area contributed by atoms with Crippen LogP contribution in [0.2, 0.25) is 0 Å². The van der Waals surface area contributed by atoms with Crippen LogP contribution >= 0.6 is 0 Å². The predicted octanol–water partition coefficient (Wildman–Crippen LogP) is 3.92. The first-order chi connectivity index (χ1) is 13.8. The molecule has 2 rings (SSSR count). The molecular formula is C24H33N3O2. The van der Waals surface area contributed by atoms with E-state index in [-0.39, 0.29) is 24.9 Å². The summed E-state index contributed by atoms with van der Waals surface area (Å²) in [6.07, 6.45) is 0.897. The monoisotopic (exact) mass is 395 g/mol. The quantitative estimate of drug-likeness (QED) is 0.700. The van der Waals surface area contributed by atoms with Crippen LogP contribution in [0.4, 0.5) is 5.69 Å². The van der Waals surface area contributed by atoms with Crippen LogP contribution in [-0.2, 0) is 16.1 Å². The molecule has 0 fully saturated rings. The van der Waals surface area contributed by atoms with Crippen LogP contribution in [0.1, 0.15) is 35.6 Å². The Morgan fingerprint density at radius 3 is 2.31 bits per heavy atom. The van der Waals surface area contributed by atoms with Crippen LogP contribution in [0, 0.1) is 20.8 Å². The molecule has 0 aliphatic heterocycles. The van der Waals surface area contributed by atoms with Crippen LogP contribution in [0.3, 0.4) is 0 Å². The van der Waals surface area contributed by atoms with E-state index in [2.05, 4.69) is 43.4 Å². The molecule has 0 unspecified atom stereocenters. The summed E-state index contributed by atoms with van der Waals surface area (Å²) in [7, 11) is 1.80. The van der Waals surface area contributed by atoms with Crippen molar-refractivity contribution >= 4 is 17.5 Å². The summed E-state index contributed by atoms with van der Waals surface area (Å²) >= 11 is 0. The van der Waals surface area contributed by atoms with Crippen LogP contribution in [-0.4, -0.2) is 48.3 Å². The van der Waals surface area contributed by atoms with Gasteiger partial charge in [0.1, 0.15) is 0 Å². The number of rotatable bonds is 9. The number of nitrogens with zero attached hydrogens (tertiary/aromatic N) is 2. The minimum Gasteiger partial charge on any atom is -0.337 e. The van der Waals surface area contributed by atoms with Crippen LogP contribution in [0.25, 0.3) is 0 Å². The number of carbonyl (C=O) groups is 2. The maximum absolute atomic E-state index is 12.8. The second-order valence-corrected chi connectivity index (χ2v) is 7.77. The molecular weight excluding hydrogens is 362 g/mol. The van der Waals surface area contributed by atoms with Crippen molar-refractivity contribution in [2.75, 3.05) is 32.0 Å². The first-order valence-electron chi connectivity index (χ1n) is 10.2. The van der Waals surface area contributed by atoms with Gasteiger partial charge in [-0.15, -0.1) is 0 Å². The van der Waals surface area contributed by atoms with Crippen molar-refractivity contribution in [3.8, 4) is 0 Å². The first-order valence-corrected chi connectivity index (χ1v) is 10.2. The molecule has 0 atom stereocenters. The highest BCUT2D eigenvalue weighted by Crippen LogP contribution is 2.17. The number of anilines is 1. The fourth-order valence-electron chi connectivity index (χ4n) is 3.18. The van der Waals surface area contributed by atoms with Gasteiger partial charge in [-0.2, -0.15) is 0 Å². The molecule has 29 heavy (non-hydrogen) atoms. The fourth-order valence-corrected chi connectivity index (χ4v) is 3.18. The second kappa shape index (κ2) is 10.8.